The van der Waals surface area contributed by atoms with Crippen molar-refractivity contribution in [3.05, 3.63) is 69.8 Å². The molecular formula is C17H12Cl2N2. The predicted octanol–water partition coefficient (Wildman–Crippen LogP) is 4.94. The lowest BCUT2D eigenvalue weighted by atomic mass is 9.90. The van der Waals surface area contributed by atoms with Gasteiger partial charge in [-0.3, -0.25) is 0 Å². The van der Waals surface area contributed by atoms with Crippen LogP contribution < -0.4 is 0 Å². The molecule has 4 heteroatoms. The maximum absolute atomic E-state index is 6.11. The largest absolute Gasteiger partial charge is 0.233 e. The molecule has 0 saturated heterocycles. The molecule has 21 heavy (non-hydrogen) atoms. The number of hydrogen-bond acceptors (Lipinski definition) is 1. The lowest BCUT2D eigenvalue weighted by molar-refractivity contribution is 0.876. The van der Waals surface area contributed by atoms with Crippen molar-refractivity contribution in [3.63, 3.8) is 0 Å². The van der Waals surface area contributed by atoms with Gasteiger partial charge in [0, 0.05) is 15.6 Å². The molecule has 3 aromatic rings. The minimum atomic E-state index is 0.729. The zero-order valence-corrected chi connectivity index (χ0v) is 12.7. The molecule has 0 spiro atoms. The maximum Gasteiger partial charge on any atom is 0.0775 e. The monoisotopic (exact) mass is 314 g/mol. The topological polar surface area (TPSA) is 17.8 Å². The molecule has 0 radical (unpaired) electrons. The van der Waals surface area contributed by atoms with Crippen LogP contribution in [0.25, 0.3) is 16.9 Å². The molecule has 0 atom stereocenters. The molecule has 0 saturated carbocycles. The van der Waals surface area contributed by atoms with E-state index in [1.807, 2.05) is 41.2 Å². The summed E-state index contributed by atoms with van der Waals surface area (Å²) in [6.45, 7) is 0. The van der Waals surface area contributed by atoms with Gasteiger partial charge in [0.25, 0.3) is 0 Å². The second-order valence-electron chi connectivity index (χ2n) is 5.21. The average molecular weight is 315 g/mol. The Kier molecular flexibility index (Phi) is 3.02. The Labute approximate surface area is 132 Å². The van der Waals surface area contributed by atoms with Crippen LogP contribution in [0.15, 0.2) is 48.7 Å². The predicted molar refractivity (Wildman–Crippen MR) is 86.4 cm³/mol. The van der Waals surface area contributed by atoms with Gasteiger partial charge >= 0.3 is 0 Å². The highest BCUT2D eigenvalue weighted by atomic mass is 35.5. The third-order valence-corrected chi connectivity index (χ3v) is 4.39. The van der Waals surface area contributed by atoms with Gasteiger partial charge in [0.2, 0.25) is 0 Å². The molecule has 0 unspecified atom stereocenters. The molecule has 1 heterocycles. The number of fused-ring (bicyclic) bond motifs is 3. The Hall–Kier alpha value is -1.77. The lowest BCUT2D eigenvalue weighted by Crippen LogP contribution is -2.07. The summed E-state index contributed by atoms with van der Waals surface area (Å²) in [5.74, 6) is 0. The Bertz CT molecular complexity index is 819. The maximum atomic E-state index is 6.11. The summed E-state index contributed by atoms with van der Waals surface area (Å²) in [5.41, 5.74) is 5.96. The molecule has 4 rings (SSSR count). The Balaban J connectivity index is 1.92. The minimum Gasteiger partial charge on any atom is -0.233 e. The molecule has 1 aromatic heterocycles. The van der Waals surface area contributed by atoms with Crippen LogP contribution in [0.3, 0.4) is 0 Å². The van der Waals surface area contributed by atoms with E-state index < -0.39 is 0 Å². The van der Waals surface area contributed by atoms with Crippen molar-refractivity contribution in [1.29, 1.82) is 0 Å². The Morgan fingerprint density at radius 3 is 2.38 bits per heavy atom. The second kappa shape index (κ2) is 4.90. The number of halogens is 2. The molecular weight excluding hydrogens is 303 g/mol. The number of rotatable bonds is 1. The first-order valence-corrected chi connectivity index (χ1v) is 7.59. The first-order chi connectivity index (χ1) is 10.2. The molecule has 104 valence electrons. The smallest absolute Gasteiger partial charge is 0.0775 e. The first-order valence-electron chi connectivity index (χ1n) is 6.84. The summed E-state index contributed by atoms with van der Waals surface area (Å²) in [4.78, 5) is 0. The summed E-state index contributed by atoms with van der Waals surface area (Å²) < 4.78 is 1.98. The molecule has 2 nitrogen and oxygen atoms in total. The van der Waals surface area contributed by atoms with Crippen molar-refractivity contribution >= 4 is 23.2 Å². The molecule has 0 amide bonds. The lowest BCUT2D eigenvalue weighted by Gasteiger charge is -2.18. The molecule has 1 aliphatic carbocycles. The van der Waals surface area contributed by atoms with E-state index in [0.29, 0.717) is 0 Å². The van der Waals surface area contributed by atoms with Crippen LogP contribution in [0, 0.1) is 0 Å². The average Bonchev–Trinajstić information content (AvgIpc) is 2.92. The van der Waals surface area contributed by atoms with E-state index in [1.54, 1.807) is 0 Å². The third kappa shape index (κ3) is 2.15. The van der Waals surface area contributed by atoms with Crippen LogP contribution in [0.5, 0.6) is 0 Å². The van der Waals surface area contributed by atoms with E-state index in [2.05, 4.69) is 17.2 Å². The molecule has 0 N–H and O–H groups in total. The summed E-state index contributed by atoms with van der Waals surface area (Å²) in [7, 11) is 0. The minimum absolute atomic E-state index is 0.729. The quantitative estimate of drug-likeness (QED) is 0.621. The fourth-order valence-electron chi connectivity index (χ4n) is 2.90. The summed E-state index contributed by atoms with van der Waals surface area (Å²) in [6.07, 6.45) is 3.97. The number of nitrogens with zero attached hydrogens (tertiary/aromatic N) is 2. The van der Waals surface area contributed by atoms with Crippen molar-refractivity contribution in [2.45, 2.75) is 12.8 Å². The van der Waals surface area contributed by atoms with Crippen LogP contribution in [0.1, 0.15) is 11.1 Å². The highest BCUT2D eigenvalue weighted by Gasteiger charge is 2.21. The van der Waals surface area contributed by atoms with E-state index in [-0.39, 0.29) is 0 Å². The van der Waals surface area contributed by atoms with Crippen molar-refractivity contribution in [1.82, 2.24) is 9.78 Å². The summed E-state index contributed by atoms with van der Waals surface area (Å²) in [6, 6.07) is 13.8. The molecule has 0 bridgehead atoms. The van der Waals surface area contributed by atoms with E-state index in [0.717, 1.165) is 34.3 Å². The second-order valence-corrected chi connectivity index (χ2v) is 6.08. The highest BCUT2D eigenvalue weighted by Crippen LogP contribution is 2.36. The normalized spacial score (nSPS) is 12.9. The molecule has 1 aliphatic rings. The fraction of sp³-hybridized carbons (Fsp3) is 0.118. The van der Waals surface area contributed by atoms with E-state index >= 15 is 0 Å². The van der Waals surface area contributed by atoms with E-state index in [9.17, 15) is 0 Å². The van der Waals surface area contributed by atoms with Crippen molar-refractivity contribution in [2.24, 2.45) is 0 Å². The van der Waals surface area contributed by atoms with Gasteiger partial charge in [-0.15, -0.1) is 0 Å². The van der Waals surface area contributed by atoms with Gasteiger partial charge in [-0.2, -0.15) is 5.10 Å². The van der Waals surface area contributed by atoms with Gasteiger partial charge in [0.05, 0.1) is 17.6 Å². The number of benzene rings is 2. The first kappa shape index (κ1) is 12.9. The zero-order valence-electron chi connectivity index (χ0n) is 11.2. The number of aromatic nitrogens is 2. The van der Waals surface area contributed by atoms with Crippen molar-refractivity contribution in [3.8, 4) is 16.9 Å². The Morgan fingerprint density at radius 2 is 1.57 bits per heavy atom. The van der Waals surface area contributed by atoms with Crippen LogP contribution in [-0.4, -0.2) is 9.78 Å². The number of hydrogen-bond donors (Lipinski definition) is 0. The summed E-state index contributed by atoms with van der Waals surface area (Å²) >= 11 is 12.1. The van der Waals surface area contributed by atoms with Gasteiger partial charge < -0.3 is 0 Å². The van der Waals surface area contributed by atoms with Gasteiger partial charge in [-0.1, -0.05) is 29.3 Å². The van der Waals surface area contributed by atoms with Crippen LogP contribution in [0.4, 0.5) is 0 Å². The van der Waals surface area contributed by atoms with Gasteiger partial charge in [0.15, 0.2) is 0 Å². The zero-order chi connectivity index (χ0) is 14.4. The summed E-state index contributed by atoms with van der Waals surface area (Å²) in [5, 5.41) is 6.08. The standard InChI is InChI=1S/C17H12Cl2N2/c18-13-3-6-15(7-4-13)21-17-12(10-20-21)2-1-11-9-14(19)5-8-16(11)17/h3-10H,1-2H2. The van der Waals surface area contributed by atoms with E-state index in [1.165, 1.54) is 16.7 Å². The molecule has 0 aliphatic heterocycles. The van der Waals surface area contributed by atoms with E-state index in [4.69, 9.17) is 23.2 Å². The van der Waals surface area contributed by atoms with Crippen molar-refractivity contribution in [2.75, 3.05) is 0 Å². The molecule has 2 aromatic carbocycles. The fourth-order valence-corrected chi connectivity index (χ4v) is 3.22. The van der Waals surface area contributed by atoms with Crippen LogP contribution in [-0.2, 0) is 12.8 Å². The van der Waals surface area contributed by atoms with Crippen LogP contribution >= 0.6 is 23.2 Å². The highest BCUT2D eigenvalue weighted by molar-refractivity contribution is 6.31. The number of aryl methyl sites for hydroxylation is 2. The SMILES string of the molecule is Clc1ccc(-n2ncc3c2-c2ccc(Cl)cc2CC3)cc1. The van der Waals surface area contributed by atoms with Gasteiger partial charge in [-0.25, -0.2) is 4.68 Å². The third-order valence-electron chi connectivity index (χ3n) is 3.90. The van der Waals surface area contributed by atoms with Crippen molar-refractivity contribution < 1.29 is 0 Å². The molecule has 0 fully saturated rings. The Morgan fingerprint density at radius 1 is 0.857 bits per heavy atom. The van der Waals surface area contributed by atoms with Crippen LogP contribution in [0.2, 0.25) is 10.0 Å². The van der Waals surface area contributed by atoms with Gasteiger partial charge in [-0.05, 0) is 60.4 Å². The van der Waals surface area contributed by atoms with Gasteiger partial charge in [0.1, 0.15) is 0 Å².